The number of carboxylic acid groups (broad SMARTS) is 1. The largest absolute Gasteiger partial charge is 0.492 e. The zero-order valence-electron chi connectivity index (χ0n) is 10.5. The highest BCUT2D eigenvalue weighted by Gasteiger charge is 1.95. The van der Waals surface area contributed by atoms with Crippen LogP contribution in [0, 0.1) is 0 Å². The average molecular weight is 272 g/mol. The molecule has 0 atom stereocenters. The van der Waals surface area contributed by atoms with Gasteiger partial charge in [-0.3, -0.25) is 0 Å². The van der Waals surface area contributed by atoms with Gasteiger partial charge in [0, 0.05) is 12.6 Å². The third-order valence-electron chi connectivity index (χ3n) is 2.11. The smallest absolute Gasteiger partial charge is 0.328 e. The number of nitrogens with zero attached hydrogens (tertiary/aromatic N) is 1. The fourth-order valence-corrected chi connectivity index (χ4v) is 1.19. The summed E-state index contributed by atoms with van der Waals surface area (Å²) in [5.74, 6) is -0.157. The highest BCUT2D eigenvalue weighted by molar-refractivity contribution is 5.85. The third kappa shape index (κ3) is 6.93. The number of halogens is 1. The molecule has 0 spiro atoms. The summed E-state index contributed by atoms with van der Waals surface area (Å²) in [5, 5.41) is 8.48. The predicted molar refractivity (Wildman–Crippen MR) is 74.4 cm³/mol. The van der Waals surface area contributed by atoms with E-state index in [0.717, 1.165) is 23.9 Å². The molecule has 0 fully saturated rings. The number of rotatable bonds is 6. The molecule has 0 bridgehead atoms. The molecule has 0 heterocycles. The lowest BCUT2D eigenvalue weighted by Gasteiger charge is -2.10. The van der Waals surface area contributed by atoms with Gasteiger partial charge in [0.2, 0.25) is 0 Å². The summed E-state index contributed by atoms with van der Waals surface area (Å²) in [7, 11) is 3.98. The van der Waals surface area contributed by atoms with Crippen molar-refractivity contribution in [3.05, 3.63) is 35.9 Å². The van der Waals surface area contributed by atoms with E-state index in [0.29, 0.717) is 6.61 Å². The molecule has 0 aliphatic rings. The molecule has 1 rings (SSSR count). The number of hydrogen-bond acceptors (Lipinski definition) is 3. The van der Waals surface area contributed by atoms with Gasteiger partial charge in [-0.15, -0.1) is 12.4 Å². The molecule has 1 aromatic rings. The van der Waals surface area contributed by atoms with Crippen LogP contribution in [0.15, 0.2) is 30.3 Å². The third-order valence-corrected chi connectivity index (χ3v) is 2.11. The summed E-state index contributed by atoms with van der Waals surface area (Å²) in [6.45, 7) is 1.50. The Labute approximate surface area is 113 Å². The fourth-order valence-electron chi connectivity index (χ4n) is 1.19. The molecular weight excluding hydrogens is 254 g/mol. The molecule has 1 N–H and O–H groups in total. The van der Waals surface area contributed by atoms with Crippen LogP contribution in [0.4, 0.5) is 0 Å². The number of carbonyl (C=O) groups is 1. The summed E-state index contributed by atoms with van der Waals surface area (Å²) >= 11 is 0. The van der Waals surface area contributed by atoms with Crippen molar-refractivity contribution in [3.8, 4) is 5.75 Å². The molecule has 0 radical (unpaired) electrons. The standard InChI is InChI=1S/C13H17NO3.ClH/c1-14(2)9-10-17-12-6-3-11(4-7-12)5-8-13(15)16;/h3-8H,9-10H2,1-2H3,(H,15,16);1H. The molecule has 0 aromatic heterocycles. The number of benzene rings is 1. The van der Waals surface area contributed by atoms with E-state index in [2.05, 4.69) is 0 Å². The van der Waals surface area contributed by atoms with Crippen molar-refractivity contribution in [3.63, 3.8) is 0 Å². The first-order chi connectivity index (χ1) is 8.08. The molecule has 4 nitrogen and oxygen atoms in total. The van der Waals surface area contributed by atoms with Gasteiger partial charge < -0.3 is 14.7 Å². The Bertz CT molecular complexity index is 388. The van der Waals surface area contributed by atoms with Crippen molar-refractivity contribution < 1.29 is 14.6 Å². The molecule has 5 heteroatoms. The van der Waals surface area contributed by atoms with Crippen LogP contribution in [0.5, 0.6) is 5.75 Å². The van der Waals surface area contributed by atoms with E-state index >= 15 is 0 Å². The molecular formula is C13H18ClNO3. The maximum Gasteiger partial charge on any atom is 0.328 e. The van der Waals surface area contributed by atoms with Crippen molar-refractivity contribution in [2.24, 2.45) is 0 Å². The maximum absolute atomic E-state index is 10.3. The molecule has 0 aliphatic carbocycles. The van der Waals surface area contributed by atoms with Gasteiger partial charge >= 0.3 is 5.97 Å². The second-order valence-corrected chi connectivity index (χ2v) is 3.89. The number of likely N-dealkylation sites (N-methyl/N-ethyl adjacent to an activating group) is 1. The van der Waals surface area contributed by atoms with Gasteiger partial charge in [-0.1, -0.05) is 12.1 Å². The van der Waals surface area contributed by atoms with Crippen LogP contribution in [0.2, 0.25) is 0 Å². The lowest BCUT2D eigenvalue weighted by molar-refractivity contribution is -0.131. The average Bonchev–Trinajstić information content (AvgIpc) is 2.27. The molecule has 0 amide bonds. The summed E-state index contributed by atoms with van der Waals surface area (Å²) in [5.41, 5.74) is 0.840. The minimum absolute atomic E-state index is 0. The molecule has 18 heavy (non-hydrogen) atoms. The number of hydrogen-bond donors (Lipinski definition) is 1. The quantitative estimate of drug-likeness (QED) is 0.806. The van der Waals surface area contributed by atoms with Crippen LogP contribution >= 0.6 is 12.4 Å². The van der Waals surface area contributed by atoms with Gasteiger partial charge in [0.25, 0.3) is 0 Å². The van der Waals surface area contributed by atoms with E-state index in [4.69, 9.17) is 9.84 Å². The predicted octanol–water partition coefficient (Wildman–Crippen LogP) is 2.15. The van der Waals surface area contributed by atoms with Crippen molar-refractivity contribution in [1.29, 1.82) is 0 Å². The van der Waals surface area contributed by atoms with Crippen LogP contribution in [-0.2, 0) is 4.79 Å². The number of ether oxygens (including phenoxy) is 1. The minimum Gasteiger partial charge on any atom is -0.492 e. The summed E-state index contributed by atoms with van der Waals surface area (Å²) in [4.78, 5) is 12.4. The van der Waals surface area contributed by atoms with E-state index in [-0.39, 0.29) is 12.4 Å². The molecule has 0 aliphatic heterocycles. The highest BCUT2D eigenvalue weighted by Crippen LogP contribution is 2.13. The van der Waals surface area contributed by atoms with Gasteiger partial charge in [0.1, 0.15) is 12.4 Å². The van der Waals surface area contributed by atoms with Gasteiger partial charge in [-0.2, -0.15) is 0 Å². The number of aliphatic carboxylic acids is 1. The van der Waals surface area contributed by atoms with E-state index in [9.17, 15) is 4.79 Å². The molecule has 100 valence electrons. The van der Waals surface area contributed by atoms with Crippen LogP contribution < -0.4 is 4.74 Å². The van der Waals surface area contributed by atoms with Crippen LogP contribution in [0.1, 0.15) is 5.56 Å². The van der Waals surface area contributed by atoms with Crippen molar-refractivity contribution >= 4 is 24.5 Å². The first kappa shape index (κ1) is 16.5. The van der Waals surface area contributed by atoms with Crippen molar-refractivity contribution in [1.82, 2.24) is 4.90 Å². The van der Waals surface area contributed by atoms with E-state index < -0.39 is 5.97 Å². The van der Waals surface area contributed by atoms with Gasteiger partial charge in [0.05, 0.1) is 0 Å². The molecule has 0 unspecified atom stereocenters. The zero-order chi connectivity index (χ0) is 12.7. The second kappa shape index (κ2) is 8.55. The summed E-state index contributed by atoms with van der Waals surface area (Å²) < 4.78 is 5.52. The van der Waals surface area contributed by atoms with Crippen molar-refractivity contribution in [2.75, 3.05) is 27.2 Å². The topological polar surface area (TPSA) is 49.8 Å². The minimum atomic E-state index is -0.948. The summed E-state index contributed by atoms with van der Waals surface area (Å²) in [6.07, 6.45) is 2.66. The Morgan fingerprint density at radius 2 is 1.94 bits per heavy atom. The lowest BCUT2D eigenvalue weighted by Crippen LogP contribution is -2.19. The normalized spacial score (nSPS) is 10.4. The van der Waals surface area contributed by atoms with E-state index in [1.807, 2.05) is 43.3 Å². The Hall–Kier alpha value is -1.52. The fraction of sp³-hybridized carbons (Fsp3) is 0.308. The first-order valence-corrected chi connectivity index (χ1v) is 5.36. The van der Waals surface area contributed by atoms with Gasteiger partial charge in [0.15, 0.2) is 0 Å². The van der Waals surface area contributed by atoms with E-state index in [1.165, 1.54) is 0 Å². The van der Waals surface area contributed by atoms with Crippen molar-refractivity contribution in [2.45, 2.75) is 0 Å². The van der Waals surface area contributed by atoms with Gasteiger partial charge in [-0.05, 0) is 37.9 Å². The molecule has 1 aromatic carbocycles. The Morgan fingerprint density at radius 3 is 2.44 bits per heavy atom. The highest BCUT2D eigenvalue weighted by atomic mass is 35.5. The maximum atomic E-state index is 10.3. The first-order valence-electron chi connectivity index (χ1n) is 5.36. The van der Waals surface area contributed by atoms with Gasteiger partial charge in [-0.25, -0.2) is 4.79 Å². The second-order valence-electron chi connectivity index (χ2n) is 3.89. The SMILES string of the molecule is CN(C)CCOc1ccc(C=CC(=O)O)cc1.Cl. The molecule has 0 saturated heterocycles. The van der Waals surface area contributed by atoms with Crippen LogP contribution in [0.25, 0.3) is 6.08 Å². The van der Waals surface area contributed by atoms with Crippen LogP contribution in [0.3, 0.4) is 0 Å². The summed E-state index contributed by atoms with van der Waals surface area (Å²) in [6, 6.07) is 7.31. The lowest BCUT2D eigenvalue weighted by atomic mass is 10.2. The Balaban J connectivity index is 0.00000289. The van der Waals surface area contributed by atoms with Crippen LogP contribution in [-0.4, -0.2) is 43.2 Å². The van der Waals surface area contributed by atoms with E-state index in [1.54, 1.807) is 6.08 Å². The Kier molecular flexibility index (Phi) is 7.83. The monoisotopic (exact) mass is 271 g/mol. The number of carboxylic acids is 1. The molecule has 0 saturated carbocycles. The zero-order valence-corrected chi connectivity index (χ0v) is 11.3. The Morgan fingerprint density at radius 1 is 1.33 bits per heavy atom.